The number of alkyl carbamates (subject to hydrolysis) is 1. The van der Waals surface area contributed by atoms with Crippen molar-refractivity contribution in [3.63, 3.8) is 0 Å². The molecule has 1 saturated heterocycles. The third-order valence-electron chi connectivity index (χ3n) is 5.69. The lowest BCUT2D eigenvalue weighted by Crippen LogP contribution is -2.42. The fraction of sp³-hybridized carbons (Fsp3) is 0.304. The minimum absolute atomic E-state index is 0.0640. The Morgan fingerprint density at radius 3 is 2.75 bits per heavy atom. The van der Waals surface area contributed by atoms with Crippen LogP contribution in [0, 0.1) is 0 Å². The second-order valence-corrected chi connectivity index (χ2v) is 7.65. The number of ketones is 1. The zero-order valence-corrected chi connectivity index (χ0v) is 17.7. The van der Waals surface area contributed by atoms with Gasteiger partial charge in [-0.05, 0) is 36.6 Å². The molecule has 3 aromatic rings. The molecule has 0 bridgehead atoms. The Morgan fingerprint density at radius 2 is 2.03 bits per heavy atom. The van der Waals surface area contributed by atoms with Crippen LogP contribution in [0.15, 0.2) is 48.5 Å². The quantitative estimate of drug-likeness (QED) is 0.510. The first-order valence-electron chi connectivity index (χ1n) is 10.4. The molecule has 9 heteroatoms. The SMILES string of the molecule is COC(=O)N[C@@H](C(=O)N1CCC[C@H]1c1nc2ccc(C(=O)CN)cc2[nH]1)c1ccccc1. The Balaban J connectivity index is 1.63. The van der Waals surface area contributed by atoms with Crippen LogP contribution in [-0.4, -0.2) is 52.9 Å². The Morgan fingerprint density at radius 1 is 1.25 bits per heavy atom. The molecule has 2 aromatic carbocycles. The molecule has 9 nitrogen and oxygen atoms in total. The number of carbonyl (C=O) groups is 3. The zero-order chi connectivity index (χ0) is 22.7. The number of fused-ring (bicyclic) bond motifs is 1. The third-order valence-corrected chi connectivity index (χ3v) is 5.69. The minimum atomic E-state index is -0.873. The summed E-state index contributed by atoms with van der Waals surface area (Å²) in [5, 5.41) is 2.65. The highest BCUT2D eigenvalue weighted by atomic mass is 16.5. The van der Waals surface area contributed by atoms with Crippen LogP contribution in [0.2, 0.25) is 0 Å². The smallest absolute Gasteiger partial charge is 0.407 e. The van der Waals surface area contributed by atoms with E-state index in [1.165, 1.54) is 7.11 Å². The Bertz CT molecular complexity index is 1140. The monoisotopic (exact) mass is 435 g/mol. The zero-order valence-electron chi connectivity index (χ0n) is 17.7. The molecule has 0 spiro atoms. The highest BCUT2D eigenvalue weighted by Gasteiger charge is 2.37. The van der Waals surface area contributed by atoms with Gasteiger partial charge in [-0.2, -0.15) is 0 Å². The highest BCUT2D eigenvalue weighted by molar-refractivity contribution is 6.00. The van der Waals surface area contributed by atoms with Crippen molar-refractivity contribution in [2.75, 3.05) is 20.2 Å². The van der Waals surface area contributed by atoms with E-state index < -0.39 is 12.1 Å². The van der Waals surface area contributed by atoms with Gasteiger partial charge in [0.1, 0.15) is 11.9 Å². The van der Waals surface area contributed by atoms with Crippen molar-refractivity contribution in [1.82, 2.24) is 20.2 Å². The van der Waals surface area contributed by atoms with E-state index in [1.807, 2.05) is 18.2 Å². The summed E-state index contributed by atoms with van der Waals surface area (Å²) in [6, 6.07) is 13.1. The normalized spacial score (nSPS) is 16.7. The lowest BCUT2D eigenvalue weighted by molar-refractivity contribution is -0.134. The minimum Gasteiger partial charge on any atom is -0.453 e. The van der Waals surface area contributed by atoms with Crippen molar-refractivity contribution >= 4 is 28.8 Å². The van der Waals surface area contributed by atoms with Crippen molar-refractivity contribution in [3.05, 3.63) is 65.5 Å². The molecule has 32 heavy (non-hydrogen) atoms. The average Bonchev–Trinajstić information content (AvgIpc) is 3.48. The number of ether oxygens (including phenoxy) is 1. The molecule has 2 amide bonds. The number of H-pyrrole nitrogens is 1. The number of rotatable bonds is 6. The molecule has 1 aliphatic heterocycles. The van der Waals surface area contributed by atoms with Crippen LogP contribution in [0.4, 0.5) is 4.79 Å². The van der Waals surface area contributed by atoms with Gasteiger partial charge in [-0.25, -0.2) is 9.78 Å². The molecule has 1 aliphatic rings. The lowest BCUT2D eigenvalue weighted by atomic mass is 10.1. The summed E-state index contributed by atoms with van der Waals surface area (Å²) in [6.45, 7) is 0.481. The summed E-state index contributed by atoms with van der Waals surface area (Å²) in [7, 11) is 1.26. The predicted octanol–water partition coefficient (Wildman–Crippen LogP) is 2.47. The van der Waals surface area contributed by atoms with Crippen LogP contribution in [0.5, 0.6) is 0 Å². The van der Waals surface area contributed by atoms with Crippen molar-refractivity contribution in [2.45, 2.75) is 24.9 Å². The standard InChI is InChI=1S/C23H25N5O4/c1-32-23(31)27-20(14-6-3-2-4-7-14)22(30)28-11-5-8-18(28)21-25-16-10-9-15(19(29)13-24)12-17(16)26-21/h2-4,6-7,9-10,12,18,20H,5,8,11,13,24H2,1H3,(H,25,26)(H,27,31)/t18-,20+/m0/s1. The van der Waals surface area contributed by atoms with Crippen molar-refractivity contribution < 1.29 is 19.1 Å². The molecule has 0 aliphatic carbocycles. The van der Waals surface area contributed by atoms with Crippen LogP contribution in [0.25, 0.3) is 11.0 Å². The van der Waals surface area contributed by atoms with E-state index in [9.17, 15) is 14.4 Å². The number of benzene rings is 2. The van der Waals surface area contributed by atoms with Gasteiger partial charge < -0.3 is 25.7 Å². The first-order valence-corrected chi connectivity index (χ1v) is 10.4. The lowest BCUT2D eigenvalue weighted by Gasteiger charge is -2.28. The van der Waals surface area contributed by atoms with Gasteiger partial charge in [0.15, 0.2) is 5.78 Å². The van der Waals surface area contributed by atoms with Gasteiger partial charge >= 0.3 is 6.09 Å². The predicted molar refractivity (Wildman–Crippen MR) is 118 cm³/mol. The van der Waals surface area contributed by atoms with Crippen LogP contribution >= 0.6 is 0 Å². The van der Waals surface area contributed by atoms with Crippen LogP contribution < -0.4 is 11.1 Å². The maximum Gasteiger partial charge on any atom is 0.407 e. The largest absolute Gasteiger partial charge is 0.453 e. The fourth-order valence-corrected chi connectivity index (χ4v) is 4.07. The number of hydrogen-bond acceptors (Lipinski definition) is 6. The molecule has 4 N–H and O–H groups in total. The number of hydrogen-bond donors (Lipinski definition) is 3. The Kier molecular flexibility index (Phi) is 6.18. The number of methoxy groups -OCH3 is 1. The molecule has 4 rings (SSSR count). The topological polar surface area (TPSA) is 130 Å². The number of aromatic nitrogens is 2. The third kappa shape index (κ3) is 4.19. The molecule has 1 aromatic heterocycles. The molecular weight excluding hydrogens is 410 g/mol. The van der Waals surface area contributed by atoms with Crippen molar-refractivity contribution in [3.8, 4) is 0 Å². The summed E-state index contributed by atoms with van der Waals surface area (Å²) in [4.78, 5) is 47.1. The highest BCUT2D eigenvalue weighted by Crippen LogP contribution is 2.34. The number of aromatic amines is 1. The summed E-state index contributed by atoms with van der Waals surface area (Å²) in [5.41, 5.74) is 8.07. The van der Waals surface area contributed by atoms with Crippen LogP contribution in [0.1, 0.15) is 46.7 Å². The fourth-order valence-electron chi connectivity index (χ4n) is 4.07. The van der Waals surface area contributed by atoms with E-state index >= 15 is 0 Å². The van der Waals surface area contributed by atoms with Gasteiger partial charge in [-0.3, -0.25) is 9.59 Å². The van der Waals surface area contributed by atoms with E-state index in [0.717, 1.165) is 12.8 Å². The number of amides is 2. The first kappa shape index (κ1) is 21.5. The van der Waals surface area contributed by atoms with Crippen molar-refractivity contribution in [1.29, 1.82) is 0 Å². The van der Waals surface area contributed by atoms with Crippen molar-refractivity contribution in [2.24, 2.45) is 5.73 Å². The number of nitrogens with one attached hydrogen (secondary N) is 2. The summed E-state index contributed by atoms with van der Waals surface area (Å²) >= 11 is 0. The van der Waals surface area contributed by atoms with Gasteiger partial charge in [0.25, 0.3) is 5.91 Å². The summed E-state index contributed by atoms with van der Waals surface area (Å²) < 4.78 is 4.73. The first-order chi connectivity index (χ1) is 15.5. The van der Waals surface area contributed by atoms with Gasteiger partial charge in [0.05, 0.1) is 30.7 Å². The van der Waals surface area contributed by atoms with E-state index in [1.54, 1.807) is 35.2 Å². The molecule has 0 radical (unpaired) electrons. The average molecular weight is 435 g/mol. The maximum atomic E-state index is 13.5. The van der Waals surface area contributed by atoms with E-state index in [0.29, 0.717) is 34.5 Å². The van der Waals surface area contributed by atoms with E-state index in [-0.39, 0.29) is 24.3 Å². The van der Waals surface area contributed by atoms with E-state index in [2.05, 4.69) is 15.3 Å². The van der Waals surface area contributed by atoms with Gasteiger partial charge in [-0.15, -0.1) is 0 Å². The summed E-state index contributed by atoms with van der Waals surface area (Å²) in [6.07, 6.45) is 0.869. The second-order valence-electron chi connectivity index (χ2n) is 7.65. The molecule has 1 fully saturated rings. The molecule has 0 saturated carbocycles. The van der Waals surface area contributed by atoms with Gasteiger partial charge in [0, 0.05) is 12.1 Å². The van der Waals surface area contributed by atoms with Gasteiger partial charge in [0.2, 0.25) is 0 Å². The maximum absolute atomic E-state index is 13.5. The number of imidazole rings is 1. The summed E-state index contributed by atoms with van der Waals surface area (Å²) in [5.74, 6) is 0.261. The number of carbonyl (C=O) groups excluding carboxylic acids is 3. The second kappa shape index (κ2) is 9.19. The molecule has 166 valence electrons. The Labute approximate surface area is 184 Å². The van der Waals surface area contributed by atoms with Crippen LogP contribution in [-0.2, 0) is 9.53 Å². The number of likely N-dealkylation sites (tertiary alicyclic amines) is 1. The van der Waals surface area contributed by atoms with Gasteiger partial charge in [-0.1, -0.05) is 30.3 Å². The molecule has 0 unspecified atom stereocenters. The van der Waals surface area contributed by atoms with Crippen LogP contribution in [0.3, 0.4) is 0 Å². The Hall–Kier alpha value is -3.72. The van der Waals surface area contributed by atoms with E-state index in [4.69, 9.17) is 10.5 Å². The number of nitrogens with two attached hydrogens (primary N) is 1. The number of nitrogens with zero attached hydrogens (tertiary/aromatic N) is 2. The number of Topliss-reactive ketones (excluding diaryl/α,β-unsaturated/α-hetero) is 1. The molecule has 2 heterocycles. The molecule has 2 atom stereocenters. The molecular formula is C23H25N5O4.